The second-order valence-electron chi connectivity index (χ2n) is 12.3. The third-order valence-electron chi connectivity index (χ3n) is 8.54. The third kappa shape index (κ3) is 5.79. The van der Waals surface area contributed by atoms with Crippen LogP contribution in [0.2, 0.25) is 0 Å². The average Bonchev–Trinajstić information content (AvgIpc) is 3.08. The molecule has 1 aromatic heterocycles. The van der Waals surface area contributed by atoms with Crippen LogP contribution in [0.15, 0.2) is 121 Å². The lowest BCUT2D eigenvalue weighted by molar-refractivity contribution is 0.104. The van der Waals surface area contributed by atoms with Crippen molar-refractivity contribution < 1.29 is 14.3 Å². The molecule has 6 nitrogen and oxygen atoms in total. The van der Waals surface area contributed by atoms with Gasteiger partial charge in [-0.15, -0.1) is 0 Å². The molecule has 47 heavy (non-hydrogen) atoms. The van der Waals surface area contributed by atoms with Crippen LogP contribution in [-0.4, -0.2) is 29.6 Å². The lowest BCUT2D eigenvalue weighted by Crippen LogP contribution is -2.37. The minimum atomic E-state index is -0.00820. The van der Waals surface area contributed by atoms with Crippen molar-refractivity contribution in [2.75, 3.05) is 16.9 Å². The zero-order chi connectivity index (χ0) is 32.5. The predicted octanol–water partition coefficient (Wildman–Crippen LogP) is 9.98. The van der Waals surface area contributed by atoms with Gasteiger partial charge in [0.1, 0.15) is 17.0 Å². The lowest BCUT2D eigenvalue weighted by atomic mass is 9.83. The molecular weight excluding hydrogens is 582 g/mol. The molecule has 0 aliphatic heterocycles. The van der Waals surface area contributed by atoms with Crippen molar-refractivity contribution >= 4 is 28.1 Å². The number of benzene rings is 5. The molecule has 6 aromatic rings. The second kappa shape index (κ2) is 12.6. The molecule has 6 heteroatoms. The highest BCUT2D eigenvalue weighted by Crippen LogP contribution is 2.45. The Bertz CT molecular complexity index is 2070. The van der Waals surface area contributed by atoms with E-state index in [2.05, 4.69) is 62.2 Å². The van der Waals surface area contributed by atoms with Gasteiger partial charge in [-0.2, -0.15) is 0 Å². The maximum Gasteiger partial charge on any atom is 0.194 e. The first-order valence-electron chi connectivity index (χ1n) is 16.1. The zero-order valence-electron chi connectivity index (χ0n) is 27.0. The molecule has 1 aliphatic carbocycles. The summed E-state index contributed by atoms with van der Waals surface area (Å²) < 4.78 is 12.5. The lowest BCUT2D eigenvalue weighted by Gasteiger charge is -2.33. The molecule has 0 spiro atoms. The van der Waals surface area contributed by atoms with Gasteiger partial charge >= 0.3 is 0 Å². The highest BCUT2D eigenvalue weighted by molar-refractivity contribution is 6.26. The summed E-state index contributed by atoms with van der Waals surface area (Å²) in [4.78, 5) is 21.4. The van der Waals surface area contributed by atoms with Crippen LogP contribution in [-0.2, 0) is 0 Å². The van der Waals surface area contributed by atoms with Gasteiger partial charge in [-0.25, -0.2) is 4.98 Å². The van der Waals surface area contributed by atoms with Crippen molar-refractivity contribution in [3.8, 4) is 39.6 Å². The quantitative estimate of drug-likeness (QED) is 0.154. The number of aromatic nitrogens is 1. The number of pyridine rings is 1. The van der Waals surface area contributed by atoms with Crippen LogP contribution < -0.4 is 19.7 Å². The monoisotopic (exact) mass is 619 g/mol. The topological polar surface area (TPSA) is 63.7 Å². The first-order chi connectivity index (χ1) is 22.9. The van der Waals surface area contributed by atoms with Crippen molar-refractivity contribution in [3.63, 3.8) is 0 Å². The van der Waals surface area contributed by atoms with E-state index in [1.54, 1.807) is 0 Å². The average molecular weight is 620 g/mol. The summed E-state index contributed by atoms with van der Waals surface area (Å²) in [5.41, 5.74) is 7.48. The summed E-state index contributed by atoms with van der Waals surface area (Å²) in [5, 5.41) is 4.35. The molecule has 5 aromatic carbocycles. The van der Waals surface area contributed by atoms with Gasteiger partial charge < -0.3 is 19.7 Å². The summed E-state index contributed by atoms with van der Waals surface area (Å²) in [5.74, 6) is 2.07. The van der Waals surface area contributed by atoms with E-state index in [1.807, 2.05) is 97.1 Å². The summed E-state index contributed by atoms with van der Waals surface area (Å²) in [6, 6.07) is 40.1. The maximum atomic E-state index is 13.7. The van der Waals surface area contributed by atoms with Gasteiger partial charge in [0.25, 0.3) is 0 Å². The molecule has 0 atom stereocenters. The second-order valence-corrected chi connectivity index (χ2v) is 12.3. The highest BCUT2D eigenvalue weighted by atomic mass is 16.5. The molecule has 0 fully saturated rings. The predicted molar refractivity (Wildman–Crippen MR) is 191 cm³/mol. The van der Waals surface area contributed by atoms with Crippen molar-refractivity contribution in [2.45, 2.75) is 39.8 Å². The number of carbonyl (C=O) groups is 1. The van der Waals surface area contributed by atoms with Gasteiger partial charge in [-0.3, -0.25) is 4.79 Å². The minimum absolute atomic E-state index is 0.00820. The number of rotatable bonds is 10. The van der Waals surface area contributed by atoms with E-state index < -0.39 is 0 Å². The molecule has 7 rings (SSSR count). The van der Waals surface area contributed by atoms with Crippen molar-refractivity contribution in [1.29, 1.82) is 0 Å². The summed E-state index contributed by atoms with van der Waals surface area (Å²) in [6.45, 7) is 9.10. The van der Waals surface area contributed by atoms with Gasteiger partial charge in [-0.05, 0) is 99.5 Å². The van der Waals surface area contributed by atoms with E-state index in [-0.39, 0.29) is 12.5 Å². The van der Waals surface area contributed by atoms with Gasteiger partial charge in [0, 0.05) is 45.5 Å². The Morgan fingerprint density at radius 1 is 0.660 bits per heavy atom. The van der Waals surface area contributed by atoms with E-state index in [9.17, 15) is 4.79 Å². The van der Waals surface area contributed by atoms with Crippen LogP contribution in [0.1, 0.15) is 43.6 Å². The van der Waals surface area contributed by atoms with Crippen LogP contribution >= 0.6 is 0 Å². The number of hydrogen-bond acceptors (Lipinski definition) is 6. The third-order valence-corrected chi connectivity index (χ3v) is 8.54. The summed E-state index contributed by atoms with van der Waals surface area (Å²) in [6.07, 6.45) is 0. The number of nitrogens with zero attached hydrogens (tertiary/aromatic N) is 2. The number of hydrogen-bond donors (Lipinski definition) is 1. The Morgan fingerprint density at radius 3 is 2.00 bits per heavy atom. The fraction of sp³-hybridized carbons (Fsp3) is 0.171. The van der Waals surface area contributed by atoms with Crippen LogP contribution in [0.5, 0.6) is 17.2 Å². The highest BCUT2D eigenvalue weighted by Gasteiger charge is 2.28. The zero-order valence-corrected chi connectivity index (χ0v) is 27.0. The Balaban J connectivity index is 1.41. The Morgan fingerprint density at radius 2 is 1.30 bits per heavy atom. The SMILES string of the molecule is CC(C)N(c1ccc(-c2cc3c4c(ccc(Oc5ccccc5)c4n2)C(=O)c2ccccc2-3)c(NCOc2ccccc2)c1)C(C)C. The van der Waals surface area contributed by atoms with Crippen LogP contribution in [0, 0.1) is 0 Å². The Labute approximate surface area is 275 Å². The molecule has 1 N–H and O–H groups in total. The van der Waals surface area contributed by atoms with E-state index >= 15 is 0 Å². The van der Waals surface area contributed by atoms with Crippen molar-refractivity contribution in [1.82, 2.24) is 4.98 Å². The molecule has 0 saturated carbocycles. The molecule has 0 unspecified atom stereocenters. The van der Waals surface area contributed by atoms with E-state index in [0.29, 0.717) is 40.2 Å². The Kier molecular flexibility index (Phi) is 8.08. The van der Waals surface area contributed by atoms with Crippen LogP contribution in [0.3, 0.4) is 0 Å². The first-order valence-corrected chi connectivity index (χ1v) is 16.1. The van der Waals surface area contributed by atoms with Gasteiger partial charge in [0.2, 0.25) is 0 Å². The van der Waals surface area contributed by atoms with Crippen molar-refractivity contribution in [2.24, 2.45) is 0 Å². The molecule has 0 saturated heterocycles. The summed E-state index contributed by atoms with van der Waals surface area (Å²) in [7, 11) is 0. The largest absolute Gasteiger partial charge is 0.473 e. The normalized spacial score (nSPS) is 11.9. The van der Waals surface area contributed by atoms with E-state index in [4.69, 9.17) is 14.5 Å². The van der Waals surface area contributed by atoms with Crippen LogP contribution in [0.25, 0.3) is 33.3 Å². The van der Waals surface area contributed by atoms with Gasteiger partial charge in [0.15, 0.2) is 18.3 Å². The van der Waals surface area contributed by atoms with Crippen molar-refractivity contribution in [3.05, 3.63) is 132 Å². The number of ether oxygens (including phenoxy) is 2. The number of nitrogens with one attached hydrogen (secondary N) is 1. The maximum absolute atomic E-state index is 13.7. The molecule has 234 valence electrons. The molecule has 0 amide bonds. The van der Waals surface area contributed by atoms with E-state index in [1.165, 1.54) is 0 Å². The van der Waals surface area contributed by atoms with Gasteiger partial charge in [-0.1, -0.05) is 60.7 Å². The molecule has 0 radical (unpaired) electrons. The number of anilines is 2. The number of carbonyl (C=O) groups excluding carboxylic acids is 1. The smallest absolute Gasteiger partial charge is 0.194 e. The minimum Gasteiger partial charge on any atom is -0.473 e. The number of ketones is 1. The number of para-hydroxylation sites is 2. The fourth-order valence-corrected chi connectivity index (χ4v) is 6.58. The molecular formula is C41H37N3O3. The molecule has 1 heterocycles. The molecule has 1 aliphatic rings. The molecule has 0 bridgehead atoms. The Hall–Kier alpha value is -5.62. The summed E-state index contributed by atoms with van der Waals surface area (Å²) >= 11 is 0. The first kappa shape index (κ1) is 30.1. The fourth-order valence-electron chi connectivity index (χ4n) is 6.58. The van der Waals surface area contributed by atoms with E-state index in [0.717, 1.165) is 44.9 Å². The standard InChI is InChI=1S/C41H37N3O3/c1-26(2)44(27(3)4)28-19-20-33(36(23-28)42-25-46-29-13-7-5-8-14-29)37-24-35-31-17-11-12-18-32(31)41(45)34-21-22-38(40(43-37)39(34)35)47-30-15-9-6-10-16-30/h5-24,26-27,42H,25H2,1-4H3. The van der Waals surface area contributed by atoms with Gasteiger partial charge in [0.05, 0.1) is 5.69 Å². The van der Waals surface area contributed by atoms with Crippen LogP contribution in [0.4, 0.5) is 11.4 Å². The number of fused-ring (bicyclic) bond motifs is 2.